The van der Waals surface area contributed by atoms with Crippen molar-refractivity contribution in [3.8, 4) is 0 Å². The number of β-amino-alcohol motifs (C(OH)–C–C–N with tert-alkyl or cyclic N) is 1. The summed E-state index contributed by atoms with van der Waals surface area (Å²) in [6.07, 6.45) is 1.81. The molecular weight excluding hydrogens is 170 g/mol. The molecule has 0 saturated carbocycles. The van der Waals surface area contributed by atoms with Gasteiger partial charge in [0.05, 0.1) is 13.2 Å². The summed E-state index contributed by atoms with van der Waals surface area (Å²) in [5.41, 5.74) is -1.07. The number of carbonyl (C=O) groups excluding carboxylic acids is 1. The van der Waals surface area contributed by atoms with E-state index in [4.69, 9.17) is 5.11 Å². The van der Waals surface area contributed by atoms with Crippen molar-refractivity contribution < 1.29 is 15.0 Å². The number of likely N-dealkylation sites (tertiary alicyclic amines) is 1. The van der Waals surface area contributed by atoms with Crippen molar-refractivity contribution in [1.82, 2.24) is 4.90 Å². The van der Waals surface area contributed by atoms with Gasteiger partial charge in [0.2, 0.25) is 5.91 Å². The Morgan fingerprint density at radius 2 is 2.31 bits per heavy atom. The van der Waals surface area contributed by atoms with E-state index in [0.717, 1.165) is 6.42 Å². The van der Waals surface area contributed by atoms with Gasteiger partial charge in [0.15, 0.2) is 0 Å². The molecule has 13 heavy (non-hydrogen) atoms. The summed E-state index contributed by atoms with van der Waals surface area (Å²) < 4.78 is 0. The third-order valence-electron chi connectivity index (χ3n) is 2.50. The van der Waals surface area contributed by atoms with E-state index in [1.165, 1.54) is 0 Å². The molecular formula is C9H17NO3. The molecule has 0 aliphatic carbocycles. The highest BCUT2D eigenvalue weighted by atomic mass is 16.3. The van der Waals surface area contributed by atoms with Gasteiger partial charge in [0.25, 0.3) is 0 Å². The fourth-order valence-electron chi connectivity index (χ4n) is 1.68. The third kappa shape index (κ3) is 2.42. The largest absolute Gasteiger partial charge is 0.393 e. The van der Waals surface area contributed by atoms with Crippen molar-refractivity contribution in [3.05, 3.63) is 0 Å². The molecule has 1 saturated heterocycles. The molecule has 1 aliphatic heterocycles. The van der Waals surface area contributed by atoms with E-state index in [1.807, 2.05) is 0 Å². The first-order chi connectivity index (χ1) is 6.11. The van der Waals surface area contributed by atoms with Crippen LogP contribution in [-0.2, 0) is 4.79 Å². The van der Waals surface area contributed by atoms with Crippen LogP contribution in [-0.4, -0.2) is 46.3 Å². The molecule has 0 spiro atoms. The zero-order valence-corrected chi connectivity index (χ0v) is 7.99. The molecule has 0 aromatic rings. The number of carbonyl (C=O) groups is 1. The normalized spacial score (nSPS) is 29.0. The molecule has 1 fully saturated rings. The van der Waals surface area contributed by atoms with Gasteiger partial charge < -0.3 is 15.1 Å². The highest BCUT2D eigenvalue weighted by molar-refractivity contribution is 5.76. The van der Waals surface area contributed by atoms with Crippen LogP contribution in [0.5, 0.6) is 0 Å². The highest BCUT2D eigenvalue weighted by Gasteiger charge is 2.33. The maximum atomic E-state index is 11.3. The van der Waals surface area contributed by atoms with Crippen LogP contribution >= 0.6 is 0 Å². The number of rotatable bonds is 2. The van der Waals surface area contributed by atoms with Gasteiger partial charge in [0, 0.05) is 13.0 Å². The third-order valence-corrected chi connectivity index (χ3v) is 2.50. The molecule has 0 bridgehead atoms. The van der Waals surface area contributed by atoms with Crippen molar-refractivity contribution in [2.24, 2.45) is 0 Å². The zero-order valence-electron chi connectivity index (χ0n) is 7.99. The summed E-state index contributed by atoms with van der Waals surface area (Å²) in [7, 11) is 0. The fraction of sp³-hybridized carbons (Fsp3) is 0.889. The van der Waals surface area contributed by atoms with Gasteiger partial charge >= 0.3 is 0 Å². The standard InChI is InChI=1S/C9H17NO3/c1-2-8(12)10-5-3-4-9(13,6-10)7-11/h11,13H,2-7H2,1H3. The summed E-state index contributed by atoms with van der Waals surface area (Å²) in [5.74, 6) is 0.0478. The molecule has 2 N–H and O–H groups in total. The summed E-state index contributed by atoms with van der Waals surface area (Å²) in [6.45, 7) is 2.51. The summed E-state index contributed by atoms with van der Waals surface area (Å²) in [4.78, 5) is 12.9. The predicted molar refractivity (Wildman–Crippen MR) is 48.1 cm³/mol. The van der Waals surface area contributed by atoms with E-state index >= 15 is 0 Å². The Balaban J connectivity index is 2.56. The molecule has 1 unspecified atom stereocenters. The minimum absolute atomic E-state index is 0.0478. The van der Waals surface area contributed by atoms with E-state index in [0.29, 0.717) is 19.4 Å². The summed E-state index contributed by atoms with van der Waals surface area (Å²) in [5, 5.41) is 18.7. The molecule has 1 heterocycles. The lowest BCUT2D eigenvalue weighted by Crippen LogP contribution is -2.52. The van der Waals surface area contributed by atoms with E-state index in [2.05, 4.69) is 0 Å². The topological polar surface area (TPSA) is 60.8 Å². The average molecular weight is 187 g/mol. The van der Waals surface area contributed by atoms with Crippen LogP contribution in [0.4, 0.5) is 0 Å². The first kappa shape index (κ1) is 10.5. The Labute approximate surface area is 78.2 Å². The number of nitrogens with zero attached hydrogens (tertiary/aromatic N) is 1. The predicted octanol–water partition coefficient (Wildman–Crippen LogP) is -0.258. The van der Waals surface area contributed by atoms with Crippen molar-refractivity contribution in [1.29, 1.82) is 0 Å². The molecule has 4 heteroatoms. The smallest absolute Gasteiger partial charge is 0.222 e. The molecule has 1 rings (SSSR count). The second kappa shape index (κ2) is 4.07. The van der Waals surface area contributed by atoms with Gasteiger partial charge in [0.1, 0.15) is 5.60 Å². The van der Waals surface area contributed by atoms with E-state index in [-0.39, 0.29) is 19.1 Å². The minimum atomic E-state index is -1.07. The lowest BCUT2D eigenvalue weighted by molar-refractivity contribution is -0.140. The van der Waals surface area contributed by atoms with Crippen LogP contribution in [0.3, 0.4) is 0 Å². The van der Waals surface area contributed by atoms with Crippen molar-refractivity contribution in [3.63, 3.8) is 0 Å². The lowest BCUT2D eigenvalue weighted by atomic mass is 9.94. The monoisotopic (exact) mass is 187 g/mol. The molecule has 76 valence electrons. The second-order valence-corrected chi connectivity index (χ2v) is 3.65. The maximum Gasteiger partial charge on any atom is 0.222 e. The lowest BCUT2D eigenvalue weighted by Gasteiger charge is -2.37. The Bertz CT molecular complexity index is 195. The van der Waals surface area contributed by atoms with Crippen LogP contribution in [0.1, 0.15) is 26.2 Å². The molecule has 1 amide bonds. The van der Waals surface area contributed by atoms with Crippen molar-refractivity contribution in [2.45, 2.75) is 31.8 Å². The van der Waals surface area contributed by atoms with Gasteiger partial charge in [-0.3, -0.25) is 4.79 Å². The molecule has 0 aromatic carbocycles. The number of aliphatic hydroxyl groups excluding tert-OH is 1. The van der Waals surface area contributed by atoms with Gasteiger partial charge in [-0.2, -0.15) is 0 Å². The number of piperidine rings is 1. The van der Waals surface area contributed by atoms with E-state index in [1.54, 1.807) is 11.8 Å². The van der Waals surface area contributed by atoms with Gasteiger partial charge in [-0.15, -0.1) is 0 Å². The Morgan fingerprint density at radius 1 is 1.62 bits per heavy atom. The van der Waals surface area contributed by atoms with Gasteiger partial charge in [-0.1, -0.05) is 6.92 Å². The van der Waals surface area contributed by atoms with E-state index in [9.17, 15) is 9.90 Å². The molecule has 0 aromatic heterocycles. The minimum Gasteiger partial charge on any atom is -0.393 e. The Kier molecular flexibility index (Phi) is 3.27. The zero-order chi connectivity index (χ0) is 9.90. The van der Waals surface area contributed by atoms with Crippen LogP contribution in [0.2, 0.25) is 0 Å². The molecule has 1 aliphatic rings. The molecule has 1 atom stereocenters. The Morgan fingerprint density at radius 3 is 2.85 bits per heavy atom. The summed E-state index contributed by atoms with van der Waals surface area (Å²) >= 11 is 0. The van der Waals surface area contributed by atoms with Crippen LogP contribution in [0, 0.1) is 0 Å². The molecule has 4 nitrogen and oxygen atoms in total. The maximum absolute atomic E-state index is 11.3. The average Bonchev–Trinajstić information content (AvgIpc) is 2.17. The number of hydrogen-bond donors (Lipinski definition) is 2. The van der Waals surface area contributed by atoms with Crippen molar-refractivity contribution in [2.75, 3.05) is 19.7 Å². The quantitative estimate of drug-likeness (QED) is 0.626. The van der Waals surface area contributed by atoms with Crippen LogP contribution in [0.25, 0.3) is 0 Å². The van der Waals surface area contributed by atoms with Crippen molar-refractivity contribution >= 4 is 5.91 Å². The number of aliphatic hydroxyl groups is 2. The van der Waals surface area contributed by atoms with Gasteiger partial charge in [-0.05, 0) is 12.8 Å². The van der Waals surface area contributed by atoms with Crippen LogP contribution in [0.15, 0.2) is 0 Å². The highest BCUT2D eigenvalue weighted by Crippen LogP contribution is 2.20. The first-order valence-corrected chi connectivity index (χ1v) is 4.72. The van der Waals surface area contributed by atoms with Gasteiger partial charge in [-0.25, -0.2) is 0 Å². The Hall–Kier alpha value is -0.610. The number of hydrogen-bond acceptors (Lipinski definition) is 3. The fourth-order valence-corrected chi connectivity index (χ4v) is 1.68. The summed E-state index contributed by atoms with van der Waals surface area (Å²) in [6, 6.07) is 0. The molecule has 0 radical (unpaired) electrons. The number of amides is 1. The first-order valence-electron chi connectivity index (χ1n) is 4.72. The second-order valence-electron chi connectivity index (χ2n) is 3.65. The SMILES string of the molecule is CCC(=O)N1CCCC(O)(CO)C1. The van der Waals surface area contributed by atoms with E-state index < -0.39 is 5.60 Å². The van der Waals surface area contributed by atoms with Crippen LogP contribution < -0.4 is 0 Å².